The number of nitroso groups, excluding NO2 is 1. The maximum Gasteiger partial charge on any atom is 0.179 e. The molecular weight excluding hydrogens is 307 g/mol. The number of nitrogen functional groups attached to an aromatic ring is 1. The SMILES string of the molecule is Nc1cc(SCc2ccc(CN=O)cc2F)c2nn[nH]c2n1. The molecule has 22 heavy (non-hydrogen) atoms. The van der Waals surface area contributed by atoms with Crippen molar-refractivity contribution < 1.29 is 4.39 Å². The van der Waals surface area contributed by atoms with Gasteiger partial charge in [0.2, 0.25) is 0 Å². The Kier molecular flexibility index (Phi) is 3.96. The number of halogens is 1. The van der Waals surface area contributed by atoms with Gasteiger partial charge >= 0.3 is 0 Å². The molecule has 3 N–H and O–H groups in total. The van der Waals surface area contributed by atoms with E-state index in [4.69, 9.17) is 5.73 Å². The maximum atomic E-state index is 14.0. The summed E-state index contributed by atoms with van der Waals surface area (Å²) in [4.78, 5) is 15.0. The minimum absolute atomic E-state index is 0.0369. The summed E-state index contributed by atoms with van der Waals surface area (Å²) >= 11 is 1.39. The van der Waals surface area contributed by atoms with Crippen molar-refractivity contribution in [3.05, 3.63) is 46.1 Å². The van der Waals surface area contributed by atoms with Crippen LogP contribution in [0.1, 0.15) is 11.1 Å². The predicted molar refractivity (Wildman–Crippen MR) is 81.6 cm³/mol. The van der Waals surface area contributed by atoms with Gasteiger partial charge in [-0.05, 0) is 23.3 Å². The van der Waals surface area contributed by atoms with Crippen LogP contribution in [-0.4, -0.2) is 20.4 Å². The summed E-state index contributed by atoms with van der Waals surface area (Å²) in [7, 11) is 0. The maximum absolute atomic E-state index is 14.0. The van der Waals surface area contributed by atoms with Crippen molar-refractivity contribution in [1.29, 1.82) is 0 Å². The second-order valence-electron chi connectivity index (χ2n) is 4.56. The van der Waals surface area contributed by atoms with E-state index in [0.29, 0.717) is 33.9 Å². The number of anilines is 1. The molecule has 0 amide bonds. The number of fused-ring (bicyclic) bond motifs is 1. The van der Waals surface area contributed by atoms with Crippen molar-refractivity contribution in [2.75, 3.05) is 5.73 Å². The van der Waals surface area contributed by atoms with Crippen LogP contribution in [0.2, 0.25) is 0 Å². The van der Waals surface area contributed by atoms with Crippen LogP contribution in [0.15, 0.2) is 34.3 Å². The number of pyridine rings is 1. The predicted octanol–water partition coefficient (Wildman–Crippen LogP) is 2.63. The lowest BCUT2D eigenvalue weighted by atomic mass is 10.1. The van der Waals surface area contributed by atoms with Crippen LogP contribution < -0.4 is 5.73 Å². The fourth-order valence-corrected chi connectivity index (χ4v) is 3.00. The van der Waals surface area contributed by atoms with E-state index in [-0.39, 0.29) is 12.4 Å². The van der Waals surface area contributed by atoms with E-state index < -0.39 is 0 Å². The topological polar surface area (TPSA) is 110 Å². The standard InChI is InChI=1S/C13H11FN6OS/c14-9-3-7(5-16-21)1-2-8(9)6-22-10-4-11(15)17-13-12(10)18-20-19-13/h1-4H,5-6H2,(H3,15,17,18,19,20). The molecule has 3 aromatic rings. The van der Waals surface area contributed by atoms with Crippen molar-refractivity contribution in [3.8, 4) is 0 Å². The van der Waals surface area contributed by atoms with E-state index in [2.05, 4.69) is 25.6 Å². The van der Waals surface area contributed by atoms with E-state index >= 15 is 0 Å². The largest absolute Gasteiger partial charge is 0.384 e. The Hall–Kier alpha value is -2.55. The number of thioether (sulfide) groups is 1. The Labute approximate surface area is 128 Å². The quantitative estimate of drug-likeness (QED) is 0.553. The number of H-pyrrole nitrogens is 1. The summed E-state index contributed by atoms with van der Waals surface area (Å²) in [5, 5.41) is 13.0. The van der Waals surface area contributed by atoms with Gasteiger partial charge in [-0.2, -0.15) is 4.91 Å². The van der Waals surface area contributed by atoms with Crippen LogP contribution in [0, 0.1) is 10.7 Å². The average Bonchev–Trinajstić information content (AvgIpc) is 2.94. The number of nitrogens with zero attached hydrogens (tertiary/aromatic N) is 4. The van der Waals surface area contributed by atoms with E-state index in [1.54, 1.807) is 18.2 Å². The molecule has 0 aliphatic heterocycles. The first kappa shape index (κ1) is 14.4. The highest BCUT2D eigenvalue weighted by Crippen LogP contribution is 2.30. The van der Waals surface area contributed by atoms with Gasteiger partial charge in [-0.15, -0.1) is 16.9 Å². The molecule has 0 aliphatic rings. The molecule has 0 atom stereocenters. The van der Waals surface area contributed by atoms with Gasteiger partial charge in [0.25, 0.3) is 0 Å². The molecule has 0 fully saturated rings. The average molecular weight is 318 g/mol. The lowest BCUT2D eigenvalue weighted by Crippen LogP contribution is -1.94. The van der Waals surface area contributed by atoms with Crippen molar-refractivity contribution in [2.24, 2.45) is 5.18 Å². The molecule has 2 aromatic heterocycles. The van der Waals surface area contributed by atoms with Gasteiger partial charge in [0.1, 0.15) is 23.7 Å². The van der Waals surface area contributed by atoms with Crippen molar-refractivity contribution in [2.45, 2.75) is 17.2 Å². The van der Waals surface area contributed by atoms with Gasteiger partial charge < -0.3 is 5.73 Å². The van der Waals surface area contributed by atoms with Crippen LogP contribution >= 0.6 is 11.8 Å². The molecule has 9 heteroatoms. The summed E-state index contributed by atoms with van der Waals surface area (Å²) < 4.78 is 14.0. The van der Waals surface area contributed by atoms with E-state index in [9.17, 15) is 9.30 Å². The molecule has 0 spiro atoms. The Morgan fingerprint density at radius 1 is 1.36 bits per heavy atom. The molecule has 3 rings (SSSR count). The minimum atomic E-state index is -0.368. The summed E-state index contributed by atoms with van der Waals surface area (Å²) in [6.07, 6.45) is 0. The van der Waals surface area contributed by atoms with E-state index in [0.717, 1.165) is 4.90 Å². The van der Waals surface area contributed by atoms with Gasteiger partial charge in [-0.25, -0.2) is 14.5 Å². The monoisotopic (exact) mass is 318 g/mol. The third kappa shape index (κ3) is 2.89. The Morgan fingerprint density at radius 2 is 2.23 bits per heavy atom. The number of hydrogen-bond donors (Lipinski definition) is 2. The molecule has 7 nitrogen and oxygen atoms in total. The number of rotatable bonds is 5. The Bertz CT molecular complexity index is 837. The van der Waals surface area contributed by atoms with Gasteiger partial charge in [0, 0.05) is 10.6 Å². The van der Waals surface area contributed by atoms with E-state index in [1.165, 1.54) is 17.8 Å². The van der Waals surface area contributed by atoms with Gasteiger partial charge in [-0.1, -0.05) is 22.5 Å². The summed E-state index contributed by atoms with van der Waals surface area (Å²) in [6.45, 7) is -0.0369. The first-order valence-corrected chi connectivity index (χ1v) is 7.32. The number of aromatic amines is 1. The normalized spacial score (nSPS) is 11.0. The third-order valence-corrected chi connectivity index (χ3v) is 4.11. The number of hydrogen-bond acceptors (Lipinski definition) is 7. The van der Waals surface area contributed by atoms with Crippen LogP contribution in [0.5, 0.6) is 0 Å². The van der Waals surface area contributed by atoms with Crippen molar-refractivity contribution in [3.63, 3.8) is 0 Å². The fraction of sp³-hybridized carbons (Fsp3) is 0.154. The molecule has 1 aromatic carbocycles. The van der Waals surface area contributed by atoms with Gasteiger partial charge in [-0.3, -0.25) is 0 Å². The van der Waals surface area contributed by atoms with Crippen LogP contribution in [0.4, 0.5) is 10.2 Å². The van der Waals surface area contributed by atoms with Crippen molar-refractivity contribution >= 4 is 28.7 Å². The molecule has 0 saturated heterocycles. The zero-order valence-electron chi connectivity index (χ0n) is 11.3. The Morgan fingerprint density at radius 3 is 3.00 bits per heavy atom. The zero-order chi connectivity index (χ0) is 15.5. The van der Waals surface area contributed by atoms with Gasteiger partial charge in [0.05, 0.1) is 0 Å². The second-order valence-corrected chi connectivity index (χ2v) is 5.57. The van der Waals surface area contributed by atoms with Crippen LogP contribution in [0.25, 0.3) is 11.2 Å². The molecule has 0 unspecified atom stereocenters. The highest BCUT2D eigenvalue weighted by molar-refractivity contribution is 7.98. The number of nitrogens with two attached hydrogens (primary N) is 1. The smallest absolute Gasteiger partial charge is 0.179 e. The third-order valence-electron chi connectivity index (χ3n) is 3.03. The van der Waals surface area contributed by atoms with Gasteiger partial charge in [0.15, 0.2) is 5.65 Å². The first-order chi connectivity index (χ1) is 10.7. The van der Waals surface area contributed by atoms with Crippen molar-refractivity contribution in [1.82, 2.24) is 20.4 Å². The summed E-state index contributed by atoms with van der Waals surface area (Å²) in [5.74, 6) is 0.368. The molecule has 0 radical (unpaired) electrons. The lowest BCUT2D eigenvalue weighted by molar-refractivity contribution is 0.615. The molecule has 2 heterocycles. The number of nitrogens with one attached hydrogen (secondary N) is 1. The molecule has 0 bridgehead atoms. The number of aromatic nitrogens is 4. The highest BCUT2D eigenvalue weighted by Gasteiger charge is 2.10. The fourth-order valence-electron chi connectivity index (χ4n) is 1.98. The van der Waals surface area contributed by atoms with E-state index in [1.807, 2.05) is 0 Å². The molecule has 0 saturated carbocycles. The van der Waals surface area contributed by atoms with Crippen LogP contribution in [-0.2, 0) is 12.3 Å². The summed E-state index contributed by atoms with van der Waals surface area (Å²) in [6, 6.07) is 6.34. The molecular formula is C13H11FN6OS. The van der Waals surface area contributed by atoms with Crippen LogP contribution in [0.3, 0.4) is 0 Å². The zero-order valence-corrected chi connectivity index (χ0v) is 12.1. The number of benzene rings is 1. The highest BCUT2D eigenvalue weighted by atomic mass is 32.2. The summed E-state index contributed by atoms with van der Waals surface area (Å²) in [5.41, 5.74) is 7.89. The second kappa shape index (κ2) is 6.06. The Balaban J connectivity index is 1.82. The molecule has 112 valence electrons. The first-order valence-electron chi connectivity index (χ1n) is 6.34. The minimum Gasteiger partial charge on any atom is -0.384 e. The molecule has 0 aliphatic carbocycles. The lowest BCUT2D eigenvalue weighted by Gasteiger charge is -2.06.